The van der Waals surface area contributed by atoms with Crippen molar-refractivity contribution in [2.45, 2.75) is 19.9 Å². The fraction of sp³-hybridized carbons (Fsp3) is 0.333. The quantitative estimate of drug-likeness (QED) is 0.768. The Morgan fingerprint density at radius 3 is 2.88 bits per heavy atom. The van der Waals surface area contributed by atoms with Gasteiger partial charge in [0.05, 0.1) is 6.42 Å². The highest BCUT2D eigenvalue weighted by atomic mass is 16.4. The van der Waals surface area contributed by atoms with Gasteiger partial charge in [-0.05, 0) is 6.92 Å². The van der Waals surface area contributed by atoms with Gasteiger partial charge in [-0.3, -0.25) is 14.0 Å². The second kappa shape index (κ2) is 3.76. The van der Waals surface area contributed by atoms with Gasteiger partial charge in [0.2, 0.25) is 5.65 Å². The number of aromatic nitrogens is 4. The molecule has 2 heterocycles. The molecule has 0 amide bonds. The molecule has 84 valence electrons. The minimum absolute atomic E-state index is 0.0940. The SMILES string of the molecule is Cc1nnc2c(=O)n(CCC(=O)O)ccn12. The zero-order chi connectivity index (χ0) is 11.7. The van der Waals surface area contributed by atoms with Gasteiger partial charge in [0, 0.05) is 18.9 Å². The molecule has 2 aromatic heterocycles. The molecule has 0 atom stereocenters. The van der Waals surface area contributed by atoms with Crippen molar-refractivity contribution >= 4 is 11.6 Å². The lowest BCUT2D eigenvalue weighted by atomic mass is 10.4. The molecule has 1 N–H and O–H groups in total. The lowest BCUT2D eigenvalue weighted by Crippen LogP contribution is -2.23. The highest BCUT2D eigenvalue weighted by Gasteiger charge is 2.08. The van der Waals surface area contributed by atoms with Gasteiger partial charge in [-0.15, -0.1) is 10.2 Å². The van der Waals surface area contributed by atoms with E-state index in [-0.39, 0.29) is 24.2 Å². The van der Waals surface area contributed by atoms with Crippen LogP contribution < -0.4 is 5.56 Å². The number of hydrogen-bond donors (Lipinski definition) is 1. The van der Waals surface area contributed by atoms with E-state index in [0.29, 0.717) is 5.82 Å². The Labute approximate surface area is 90.0 Å². The van der Waals surface area contributed by atoms with Gasteiger partial charge >= 0.3 is 5.97 Å². The van der Waals surface area contributed by atoms with Gasteiger partial charge in [0.25, 0.3) is 5.56 Å². The van der Waals surface area contributed by atoms with Crippen LogP contribution >= 0.6 is 0 Å². The molecule has 0 aliphatic rings. The lowest BCUT2D eigenvalue weighted by molar-refractivity contribution is -0.137. The second-order valence-electron chi connectivity index (χ2n) is 3.38. The normalized spacial score (nSPS) is 10.8. The van der Waals surface area contributed by atoms with E-state index in [4.69, 9.17) is 5.11 Å². The van der Waals surface area contributed by atoms with E-state index in [9.17, 15) is 9.59 Å². The molecule has 0 aliphatic carbocycles. The highest BCUT2D eigenvalue weighted by molar-refractivity contribution is 5.66. The van der Waals surface area contributed by atoms with Gasteiger partial charge in [-0.25, -0.2) is 0 Å². The minimum atomic E-state index is -0.940. The molecule has 2 aromatic rings. The average Bonchev–Trinajstić information content (AvgIpc) is 2.60. The molecule has 0 saturated carbocycles. The monoisotopic (exact) mass is 222 g/mol. The summed E-state index contributed by atoms with van der Waals surface area (Å²) in [6, 6.07) is 0. The van der Waals surface area contributed by atoms with Gasteiger partial charge in [0.1, 0.15) is 5.82 Å². The fourth-order valence-corrected chi connectivity index (χ4v) is 1.43. The molecular formula is C9H10N4O3. The molecule has 0 spiro atoms. The number of aliphatic carboxylic acids is 1. The largest absolute Gasteiger partial charge is 0.481 e. The molecule has 0 bridgehead atoms. The van der Waals surface area contributed by atoms with Gasteiger partial charge in [0.15, 0.2) is 0 Å². The van der Waals surface area contributed by atoms with E-state index < -0.39 is 5.97 Å². The number of carboxylic acid groups (broad SMARTS) is 1. The predicted molar refractivity (Wildman–Crippen MR) is 54.2 cm³/mol. The van der Waals surface area contributed by atoms with Crippen LogP contribution in [0.2, 0.25) is 0 Å². The van der Waals surface area contributed by atoms with Crippen molar-refractivity contribution in [2.24, 2.45) is 0 Å². The summed E-state index contributed by atoms with van der Waals surface area (Å²) in [7, 11) is 0. The summed E-state index contributed by atoms with van der Waals surface area (Å²) in [6.45, 7) is 1.87. The number of aryl methyl sites for hydroxylation is 2. The van der Waals surface area contributed by atoms with E-state index in [2.05, 4.69) is 10.2 Å². The van der Waals surface area contributed by atoms with Crippen LogP contribution in [0.25, 0.3) is 5.65 Å². The fourth-order valence-electron chi connectivity index (χ4n) is 1.43. The van der Waals surface area contributed by atoms with Crippen LogP contribution in [0.4, 0.5) is 0 Å². The zero-order valence-electron chi connectivity index (χ0n) is 8.62. The second-order valence-corrected chi connectivity index (χ2v) is 3.38. The molecule has 0 radical (unpaired) electrons. The zero-order valence-corrected chi connectivity index (χ0v) is 8.62. The number of carbonyl (C=O) groups is 1. The molecule has 0 aliphatic heterocycles. The van der Waals surface area contributed by atoms with Gasteiger partial charge < -0.3 is 9.67 Å². The molecule has 0 unspecified atom stereocenters. The van der Waals surface area contributed by atoms with E-state index in [1.807, 2.05) is 0 Å². The topological polar surface area (TPSA) is 89.5 Å². The van der Waals surface area contributed by atoms with Crippen LogP contribution in [-0.2, 0) is 11.3 Å². The molecule has 0 saturated heterocycles. The summed E-state index contributed by atoms with van der Waals surface area (Å²) in [4.78, 5) is 22.2. The first kappa shape index (κ1) is 10.3. The summed E-state index contributed by atoms with van der Waals surface area (Å²) in [5.74, 6) is -0.318. The summed E-state index contributed by atoms with van der Waals surface area (Å²) in [5.41, 5.74) is -0.116. The third-order valence-electron chi connectivity index (χ3n) is 2.28. The maximum Gasteiger partial charge on any atom is 0.305 e. The van der Waals surface area contributed by atoms with E-state index in [1.54, 1.807) is 17.5 Å². The van der Waals surface area contributed by atoms with Crippen LogP contribution in [-0.4, -0.2) is 30.2 Å². The van der Waals surface area contributed by atoms with E-state index in [0.717, 1.165) is 0 Å². The van der Waals surface area contributed by atoms with Crippen molar-refractivity contribution in [1.82, 2.24) is 19.2 Å². The van der Waals surface area contributed by atoms with Crippen molar-refractivity contribution < 1.29 is 9.90 Å². The van der Waals surface area contributed by atoms with Gasteiger partial charge in [-0.1, -0.05) is 0 Å². The smallest absolute Gasteiger partial charge is 0.305 e. The van der Waals surface area contributed by atoms with Crippen LogP contribution in [0.15, 0.2) is 17.2 Å². The third kappa shape index (κ3) is 1.67. The first-order valence-electron chi connectivity index (χ1n) is 4.72. The number of rotatable bonds is 3. The average molecular weight is 222 g/mol. The number of nitrogens with zero attached hydrogens (tertiary/aromatic N) is 4. The van der Waals surface area contributed by atoms with Crippen molar-refractivity contribution in [3.63, 3.8) is 0 Å². The Balaban J connectivity index is 2.45. The Kier molecular flexibility index (Phi) is 2.43. The third-order valence-corrected chi connectivity index (χ3v) is 2.28. The standard InChI is InChI=1S/C9H10N4O3/c1-6-10-11-8-9(16)12(3-2-7(14)15)4-5-13(6)8/h4-5H,2-3H2,1H3,(H,14,15). The predicted octanol–water partition coefficient (Wildman–Crippen LogP) is -0.326. The molecular weight excluding hydrogens is 212 g/mol. The van der Waals surface area contributed by atoms with Crippen LogP contribution in [0.1, 0.15) is 12.2 Å². The number of carboxylic acids is 1. The molecule has 16 heavy (non-hydrogen) atoms. The summed E-state index contributed by atoms with van der Waals surface area (Å²) in [5, 5.41) is 16.0. The number of hydrogen-bond acceptors (Lipinski definition) is 4. The Morgan fingerprint density at radius 1 is 1.44 bits per heavy atom. The summed E-state index contributed by atoms with van der Waals surface area (Å²) < 4.78 is 2.89. The van der Waals surface area contributed by atoms with Crippen molar-refractivity contribution in [2.75, 3.05) is 0 Å². The Morgan fingerprint density at radius 2 is 2.19 bits per heavy atom. The van der Waals surface area contributed by atoms with Crippen LogP contribution in [0.5, 0.6) is 0 Å². The minimum Gasteiger partial charge on any atom is -0.481 e. The van der Waals surface area contributed by atoms with Gasteiger partial charge in [-0.2, -0.15) is 0 Å². The van der Waals surface area contributed by atoms with E-state index in [1.165, 1.54) is 10.8 Å². The lowest BCUT2D eigenvalue weighted by Gasteiger charge is -2.03. The summed E-state index contributed by atoms with van der Waals surface area (Å²) >= 11 is 0. The van der Waals surface area contributed by atoms with E-state index >= 15 is 0 Å². The maximum atomic E-state index is 11.8. The summed E-state index contributed by atoms with van der Waals surface area (Å²) in [6.07, 6.45) is 3.09. The maximum absolute atomic E-state index is 11.8. The van der Waals surface area contributed by atoms with Crippen LogP contribution in [0.3, 0.4) is 0 Å². The molecule has 0 fully saturated rings. The molecule has 7 nitrogen and oxygen atoms in total. The Hall–Kier alpha value is -2.18. The van der Waals surface area contributed by atoms with Crippen molar-refractivity contribution in [1.29, 1.82) is 0 Å². The van der Waals surface area contributed by atoms with Crippen LogP contribution in [0, 0.1) is 6.92 Å². The first-order chi connectivity index (χ1) is 7.59. The molecule has 7 heteroatoms. The first-order valence-corrected chi connectivity index (χ1v) is 4.72. The molecule has 0 aromatic carbocycles. The number of fused-ring (bicyclic) bond motifs is 1. The van der Waals surface area contributed by atoms with Crippen molar-refractivity contribution in [3.8, 4) is 0 Å². The van der Waals surface area contributed by atoms with Crippen molar-refractivity contribution in [3.05, 3.63) is 28.6 Å². The Bertz CT molecular complexity index is 598. The molecule has 2 rings (SSSR count). The highest BCUT2D eigenvalue weighted by Crippen LogP contribution is 1.97.